The maximum absolute atomic E-state index is 12.0. The first-order chi connectivity index (χ1) is 8.22. The van der Waals surface area contributed by atoms with Crippen molar-refractivity contribution >= 4 is 28.8 Å². The first-order valence-electron chi connectivity index (χ1n) is 5.25. The lowest BCUT2D eigenvalue weighted by atomic mass is 10.2. The predicted octanol–water partition coefficient (Wildman–Crippen LogP) is 3.01. The molecular weight excluding hydrogens is 258 g/mol. The van der Waals surface area contributed by atoms with Crippen molar-refractivity contribution in [2.45, 2.75) is 19.4 Å². The van der Waals surface area contributed by atoms with Crippen molar-refractivity contribution in [3.8, 4) is 0 Å². The third-order valence-electron chi connectivity index (χ3n) is 2.39. The fourth-order valence-electron chi connectivity index (χ4n) is 1.51. The lowest BCUT2D eigenvalue weighted by Gasteiger charge is -2.14. The van der Waals surface area contributed by atoms with Gasteiger partial charge < -0.3 is 10.3 Å². The molecule has 6 heteroatoms. The molecule has 0 radical (unpaired) electrons. The molecule has 0 aliphatic rings. The fourth-order valence-corrected chi connectivity index (χ4v) is 2.56. The van der Waals surface area contributed by atoms with Gasteiger partial charge >= 0.3 is 0 Å². The molecule has 90 valence electrons. The summed E-state index contributed by atoms with van der Waals surface area (Å²) in [6, 6.07) is 1.60. The third-order valence-corrected chi connectivity index (χ3v) is 3.73. The molecule has 0 aliphatic carbocycles. The van der Waals surface area contributed by atoms with Crippen LogP contribution >= 0.6 is 22.9 Å². The lowest BCUT2D eigenvalue weighted by molar-refractivity contribution is 0.0938. The number of carbonyl (C=O) groups is 1. The van der Waals surface area contributed by atoms with Crippen LogP contribution in [-0.2, 0) is 0 Å². The number of thiophene rings is 1. The minimum atomic E-state index is -0.159. The standard InChI is InChI=1S/C11H12ClN3OS/c1-2-8(10-13-4-5-14-10)15-11(16)9-7(12)3-6-17-9/h3-6,8H,2H2,1H3,(H,13,14)(H,15,16). The van der Waals surface area contributed by atoms with Gasteiger partial charge in [-0.15, -0.1) is 11.3 Å². The highest BCUT2D eigenvalue weighted by Gasteiger charge is 2.18. The molecule has 0 fully saturated rings. The number of aromatic nitrogens is 2. The van der Waals surface area contributed by atoms with Gasteiger partial charge in [0, 0.05) is 12.4 Å². The van der Waals surface area contributed by atoms with Crippen molar-refractivity contribution in [2.75, 3.05) is 0 Å². The minimum absolute atomic E-state index is 0.115. The van der Waals surface area contributed by atoms with Crippen LogP contribution in [0.25, 0.3) is 0 Å². The molecule has 17 heavy (non-hydrogen) atoms. The van der Waals surface area contributed by atoms with Crippen molar-refractivity contribution in [3.63, 3.8) is 0 Å². The van der Waals surface area contributed by atoms with Gasteiger partial charge in [0.2, 0.25) is 0 Å². The van der Waals surface area contributed by atoms with Crippen molar-refractivity contribution in [2.24, 2.45) is 0 Å². The van der Waals surface area contributed by atoms with Gasteiger partial charge in [0.15, 0.2) is 0 Å². The number of carbonyl (C=O) groups excluding carboxylic acids is 1. The van der Waals surface area contributed by atoms with E-state index in [4.69, 9.17) is 11.6 Å². The smallest absolute Gasteiger partial charge is 0.263 e. The molecule has 1 atom stereocenters. The summed E-state index contributed by atoms with van der Waals surface area (Å²) in [6.07, 6.45) is 4.17. The number of halogens is 1. The van der Waals surface area contributed by atoms with Crippen LogP contribution in [0.15, 0.2) is 23.8 Å². The molecule has 1 amide bonds. The Hall–Kier alpha value is -1.33. The van der Waals surface area contributed by atoms with Gasteiger partial charge in [-0.05, 0) is 17.9 Å². The monoisotopic (exact) mass is 269 g/mol. The van der Waals surface area contributed by atoms with E-state index in [1.807, 2.05) is 6.92 Å². The SMILES string of the molecule is CCC(NC(=O)c1sccc1Cl)c1ncc[nH]1. The Balaban J connectivity index is 2.10. The van der Waals surface area contributed by atoms with Crippen molar-refractivity contribution < 1.29 is 4.79 Å². The largest absolute Gasteiger partial charge is 0.347 e. The molecular formula is C11H12ClN3OS. The number of hydrogen-bond acceptors (Lipinski definition) is 3. The van der Waals surface area contributed by atoms with Gasteiger partial charge in [-0.1, -0.05) is 18.5 Å². The van der Waals surface area contributed by atoms with E-state index in [-0.39, 0.29) is 11.9 Å². The molecule has 0 aliphatic heterocycles. The van der Waals surface area contributed by atoms with Crippen LogP contribution in [0.4, 0.5) is 0 Å². The van der Waals surface area contributed by atoms with E-state index in [0.717, 1.165) is 12.2 Å². The molecule has 2 aromatic heterocycles. The van der Waals surface area contributed by atoms with Crippen LogP contribution in [0.1, 0.15) is 34.9 Å². The number of aromatic amines is 1. The first kappa shape index (κ1) is 12.1. The van der Waals surface area contributed by atoms with E-state index in [9.17, 15) is 4.79 Å². The summed E-state index contributed by atoms with van der Waals surface area (Å²) >= 11 is 7.25. The van der Waals surface area contributed by atoms with Gasteiger partial charge in [0.05, 0.1) is 11.1 Å². The Bertz CT molecular complexity index is 495. The quantitative estimate of drug-likeness (QED) is 0.896. The lowest BCUT2D eigenvalue weighted by Crippen LogP contribution is -2.28. The van der Waals surface area contributed by atoms with E-state index in [1.165, 1.54) is 11.3 Å². The second kappa shape index (κ2) is 5.33. The average Bonchev–Trinajstić information content (AvgIpc) is 2.96. The predicted molar refractivity (Wildman–Crippen MR) is 68.4 cm³/mol. The van der Waals surface area contributed by atoms with Crippen molar-refractivity contribution in [1.82, 2.24) is 15.3 Å². The zero-order chi connectivity index (χ0) is 12.3. The Labute approximate surface area is 108 Å². The van der Waals surface area contributed by atoms with Gasteiger partial charge in [-0.2, -0.15) is 0 Å². The summed E-state index contributed by atoms with van der Waals surface area (Å²) in [5.74, 6) is 0.599. The molecule has 0 bridgehead atoms. The summed E-state index contributed by atoms with van der Waals surface area (Å²) in [4.78, 5) is 19.6. The number of nitrogens with zero attached hydrogens (tertiary/aromatic N) is 1. The Morgan fingerprint density at radius 3 is 3.06 bits per heavy atom. The van der Waals surface area contributed by atoms with E-state index >= 15 is 0 Å². The molecule has 0 saturated carbocycles. The number of nitrogens with one attached hydrogen (secondary N) is 2. The number of rotatable bonds is 4. The number of imidazole rings is 1. The topological polar surface area (TPSA) is 57.8 Å². The van der Waals surface area contributed by atoms with Gasteiger partial charge in [-0.25, -0.2) is 4.98 Å². The summed E-state index contributed by atoms with van der Waals surface area (Å²) in [5, 5.41) is 5.19. The number of amides is 1. The van der Waals surface area contributed by atoms with Crippen molar-refractivity contribution in [3.05, 3.63) is 39.6 Å². The number of H-pyrrole nitrogens is 1. The molecule has 0 spiro atoms. The Kier molecular flexibility index (Phi) is 3.81. The molecule has 2 N–H and O–H groups in total. The van der Waals surface area contributed by atoms with E-state index in [2.05, 4.69) is 15.3 Å². The molecule has 0 aromatic carbocycles. The Morgan fingerprint density at radius 2 is 2.53 bits per heavy atom. The maximum atomic E-state index is 12.0. The van der Waals surface area contributed by atoms with Crippen molar-refractivity contribution in [1.29, 1.82) is 0 Å². The van der Waals surface area contributed by atoms with E-state index in [1.54, 1.807) is 23.8 Å². The molecule has 2 heterocycles. The minimum Gasteiger partial charge on any atom is -0.347 e. The molecule has 1 unspecified atom stereocenters. The van der Waals surface area contributed by atoms with E-state index < -0.39 is 0 Å². The Morgan fingerprint density at radius 1 is 1.71 bits per heavy atom. The second-order valence-electron chi connectivity index (χ2n) is 3.51. The highest BCUT2D eigenvalue weighted by atomic mass is 35.5. The summed E-state index contributed by atoms with van der Waals surface area (Å²) in [6.45, 7) is 1.99. The van der Waals surface area contributed by atoms with Gasteiger partial charge in [-0.3, -0.25) is 4.79 Å². The van der Waals surface area contributed by atoms with Crippen LogP contribution < -0.4 is 5.32 Å². The zero-order valence-corrected chi connectivity index (χ0v) is 10.8. The highest BCUT2D eigenvalue weighted by Crippen LogP contribution is 2.23. The van der Waals surface area contributed by atoms with Crippen LogP contribution in [0.3, 0.4) is 0 Å². The molecule has 2 rings (SSSR count). The van der Waals surface area contributed by atoms with Crippen LogP contribution in [-0.4, -0.2) is 15.9 Å². The molecule has 0 saturated heterocycles. The summed E-state index contributed by atoms with van der Waals surface area (Å²) in [7, 11) is 0. The highest BCUT2D eigenvalue weighted by molar-refractivity contribution is 7.12. The van der Waals surface area contributed by atoms with Crippen LogP contribution in [0.2, 0.25) is 5.02 Å². The van der Waals surface area contributed by atoms with Crippen LogP contribution in [0, 0.1) is 0 Å². The first-order valence-corrected chi connectivity index (χ1v) is 6.51. The van der Waals surface area contributed by atoms with Gasteiger partial charge in [0.25, 0.3) is 5.91 Å². The zero-order valence-electron chi connectivity index (χ0n) is 9.24. The summed E-state index contributed by atoms with van der Waals surface area (Å²) in [5.41, 5.74) is 0. The second-order valence-corrected chi connectivity index (χ2v) is 4.83. The third kappa shape index (κ3) is 2.68. The molecule has 2 aromatic rings. The molecule has 4 nitrogen and oxygen atoms in total. The normalized spacial score (nSPS) is 12.4. The average molecular weight is 270 g/mol. The number of hydrogen-bond donors (Lipinski definition) is 2. The fraction of sp³-hybridized carbons (Fsp3) is 0.273. The van der Waals surface area contributed by atoms with Gasteiger partial charge in [0.1, 0.15) is 10.7 Å². The maximum Gasteiger partial charge on any atom is 0.263 e. The van der Waals surface area contributed by atoms with Crippen LogP contribution in [0.5, 0.6) is 0 Å². The van der Waals surface area contributed by atoms with E-state index in [0.29, 0.717) is 9.90 Å². The summed E-state index contributed by atoms with van der Waals surface area (Å²) < 4.78 is 0.